The van der Waals surface area contributed by atoms with Crippen LogP contribution in [-0.2, 0) is 9.84 Å². The van der Waals surface area contributed by atoms with Crippen LogP contribution in [0.3, 0.4) is 0 Å². The second-order valence-electron chi connectivity index (χ2n) is 4.34. The average molecular weight is 273 g/mol. The summed E-state index contributed by atoms with van der Waals surface area (Å²) in [5.74, 6) is -1.25. The van der Waals surface area contributed by atoms with Crippen LogP contribution in [0, 0.1) is 12.7 Å². The molecule has 0 radical (unpaired) electrons. The molecule has 0 N–H and O–H groups in total. The van der Waals surface area contributed by atoms with Crippen LogP contribution in [0.15, 0.2) is 18.2 Å². The Hall–Kier alpha value is -1.43. The Labute approximate surface area is 106 Å². The first kappa shape index (κ1) is 14.6. The van der Waals surface area contributed by atoms with Crippen LogP contribution in [0.5, 0.6) is 0 Å². The molecule has 0 saturated heterocycles. The molecule has 0 atom stereocenters. The molecule has 1 amide bonds. The first-order valence-electron chi connectivity index (χ1n) is 5.40. The second kappa shape index (κ2) is 5.48. The molecule has 100 valence electrons. The zero-order valence-electron chi connectivity index (χ0n) is 10.6. The van der Waals surface area contributed by atoms with E-state index in [1.54, 1.807) is 13.0 Å². The lowest BCUT2D eigenvalue weighted by Crippen LogP contribution is -2.32. The minimum atomic E-state index is -3.14. The van der Waals surface area contributed by atoms with Gasteiger partial charge < -0.3 is 4.90 Å². The van der Waals surface area contributed by atoms with Gasteiger partial charge in [0.1, 0.15) is 15.7 Å². The van der Waals surface area contributed by atoms with Crippen molar-refractivity contribution < 1.29 is 17.6 Å². The minimum absolute atomic E-state index is 0.0361. The summed E-state index contributed by atoms with van der Waals surface area (Å²) in [6, 6.07) is 4.25. The molecule has 1 aromatic rings. The zero-order valence-corrected chi connectivity index (χ0v) is 11.4. The van der Waals surface area contributed by atoms with Crippen LogP contribution in [0.2, 0.25) is 0 Å². The molecule has 18 heavy (non-hydrogen) atoms. The number of aryl methyl sites for hydroxylation is 1. The standard InChI is InChI=1S/C12H16FNO3S/c1-9-4-5-11(13)10(8-9)12(15)14(2)6-7-18(3,16)17/h4-5,8H,6-7H2,1-3H3. The number of carbonyl (C=O) groups is 1. The van der Waals surface area contributed by atoms with Crippen molar-refractivity contribution in [3.63, 3.8) is 0 Å². The molecule has 0 aromatic heterocycles. The highest BCUT2D eigenvalue weighted by molar-refractivity contribution is 7.90. The van der Waals surface area contributed by atoms with Crippen molar-refractivity contribution in [1.29, 1.82) is 0 Å². The number of amides is 1. The SMILES string of the molecule is Cc1ccc(F)c(C(=O)N(C)CCS(C)(=O)=O)c1. The fourth-order valence-corrected chi connectivity index (χ4v) is 2.02. The third-order valence-corrected chi connectivity index (χ3v) is 3.42. The fraction of sp³-hybridized carbons (Fsp3) is 0.417. The van der Waals surface area contributed by atoms with Gasteiger partial charge in [0.05, 0.1) is 11.3 Å². The van der Waals surface area contributed by atoms with Crippen molar-refractivity contribution in [3.05, 3.63) is 35.1 Å². The zero-order chi connectivity index (χ0) is 13.9. The predicted molar refractivity (Wildman–Crippen MR) is 67.8 cm³/mol. The third kappa shape index (κ3) is 4.10. The maximum atomic E-state index is 13.5. The maximum Gasteiger partial charge on any atom is 0.256 e. The lowest BCUT2D eigenvalue weighted by molar-refractivity contribution is 0.0798. The number of sulfone groups is 1. The van der Waals surface area contributed by atoms with Gasteiger partial charge in [0, 0.05) is 19.8 Å². The lowest BCUT2D eigenvalue weighted by Gasteiger charge is -2.17. The van der Waals surface area contributed by atoms with Crippen molar-refractivity contribution in [3.8, 4) is 0 Å². The van der Waals surface area contributed by atoms with Gasteiger partial charge in [0.2, 0.25) is 0 Å². The van der Waals surface area contributed by atoms with Crippen molar-refractivity contribution in [2.24, 2.45) is 0 Å². The van der Waals surface area contributed by atoms with Crippen molar-refractivity contribution in [1.82, 2.24) is 4.90 Å². The summed E-state index contributed by atoms with van der Waals surface area (Å²) < 4.78 is 35.5. The van der Waals surface area contributed by atoms with E-state index < -0.39 is 21.6 Å². The van der Waals surface area contributed by atoms with E-state index in [2.05, 4.69) is 0 Å². The van der Waals surface area contributed by atoms with Crippen LogP contribution in [0.4, 0.5) is 4.39 Å². The highest BCUT2D eigenvalue weighted by Gasteiger charge is 2.17. The summed E-state index contributed by atoms with van der Waals surface area (Å²) in [6.07, 6.45) is 1.10. The minimum Gasteiger partial charge on any atom is -0.341 e. The maximum absolute atomic E-state index is 13.5. The van der Waals surface area contributed by atoms with E-state index in [9.17, 15) is 17.6 Å². The number of hydrogen-bond donors (Lipinski definition) is 0. The Morgan fingerprint density at radius 2 is 2.00 bits per heavy atom. The summed E-state index contributed by atoms with van der Waals surface area (Å²) in [5, 5.41) is 0. The van der Waals surface area contributed by atoms with Crippen molar-refractivity contribution >= 4 is 15.7 Å². The van der Waals surface area contributed by atoms with Crippen LogP contribution in [0.1, 0.15) is 15.9 Å². The first-order valence-corrected chi connectivity index (χ1v) is 7.46. The summed E-state index contributed by atoms with van der Waals surface area (Å²) in [7, 11) is -1.69. The molecular weight excluding hydrogens is 257 g/mol. The van der Waals surface area contributed by atoms with Crippen LogP contribution in [0.25, 0.3) is 0 Å². The average Bonchev–Trinajstić information content (AvgIpc) is 2.27. The molecule has 0 aliphatic carbocycles. The van der Waals surface area contributed by atoms with Crippen LogP contribution in [-0.4, -0.2) is 44.8 Å². The highest BCUT2D eigenvalue weighted by atomic mass is 32.2. The second-order valence-corrected chi connectivity index (χ2v) is 6.60. The normalized spacial score (nSPS) is 11.3. The van der Waals surface area contributed by atoms with E-state index in [0.717, 1.165) is 11.8 Å². The molecule has 0 fully saturated rings. The number of rotatable bonds is 4. The Kier molecular flexibility index (Phi) is 4.45. The Balaban J connectivity index is 2.83. The van der Waals surface area contributed by atoms with E-state index in [0.29, 0.717) is 0 Å². The van der Waals surface area contributed by atoms with Gasteiger partial charge >= 0.3 is 0 Å². The van der Waals surface area contributed by atoms with Gasteiger partial charge in [-0.2, -0.15) is 0 Å². The van der Waals surface area contributed by atoms with E-state index in [1.807, 2.05) is 0 Å². The van der Waals surface area contributed by atoms with Crippen molar-refractivity contribution in [2.75, 3.05) is 25.6 Å². The van der Waals surface area contributed by atoms with Gasteiger partial charge in [-0.25, -0.2) is 12.8 Å². The molecule has 1 rings (SSSR count). The summed E-state index contributed by atoms with van der Waals surface area (Å²) in [6.45, 7) is 1.80. The van der Waals surface area contributed by atoms with Gasteiger partial charge in [0.15, 0.2) is 0 Å². The molecule has 0 aliphatic rings. The monoisotopic (exact) mass is 273 g/mol. The highest BCUT2D eigenvalue weighted by Crippen LogP contribution is 2.12. The summed E-state index contributed by atoms with van der Waals surface area (Å²) in [4.78, 5) is 13.1. The molecule has 6 heteroatoms. The van der Waals surface area contributed by atoms with Crippen LogP contribution >= 0.6 is 0 Å². The first-order chi connectivity index (χ1) is 8.20. The Morgan fingerprint density at radius 1 is 1.39 bits per heavy atom. The molecule has 0 bridgehead atoms. The molecule has 0 saturated carbocycles. The summed E-state index contributed by atoms with van der Waals surface area (Å²) >= 11 is 0. The molecule has 0 heterocycles. The fourth-order valence-electron chi connectivity index (χ4n) is 1.41. The van der Waals surface area contributed by atoms with E-state index >= 15 is 0 Å². The number of carbonyl (C=O) groups excluding carboxylic acids is 1. The molecular formula is C12H16FNO3S. The molecule has 0 unspecified atom stereocenters. The molecule has 0 spiro atoms. The smallest absolute Gasteiger partial charge is 0.256 e. The number of halogens is 1. The van der Waals surface area contributed by atoms with Crippen molar-refractivity contribution in [2.45, 2.75) is 6.92 Å². The molecule has 1 aromatic carbocycles. The Bertz CT molecular complexity index is 554. The summed E-state index contributed by atoms with van der Waals surface area (Å²) in [5.41, 5.74) is 0.738. The predicted octanol–water partition coefficient (Wildman–Crippen LogP) is 1.25. The third-order valence-electron chi connectivity index (χ3n) is 2.50. The lowest BCUT2D eigenvalue weighted by atomic mass is 10.1. The number of nitrogens with zero attached hydrogens (tertiary/aromatic N) is 1. The Morgan fingerprint density at radius 3 is 2.56 bits per heavy atom. The van der Waals surface area contributed by atoms with E-state index in [4.69, 9.17) is 0 Å². The molecule has 4 nitrogen and oxygen atoms in total. The van der Waals surface area contributed by atoms with Crippen LogP contribution < -0.4 is 0 Å². The van der Waals surface area contributed by atoms with Gasteiger partial charge in [-0.15, -0.1) is 0 Å². The van der Waals surface area contributed by atoms with Gasteiger partial charge in [0.25, 0.3) is 5.91 Å². The van der Waals surface area contributed by atoms with E-state index in [1.165, 1.54) is 24.1 Å². The number of hydrogen-bond acceptors (Lipinski definition) is 3. The molecule has 0 aliphatic heterocycles. The van der Waals surface area contributed by atoms with Gasteiger partial charge in [-0.3, -0.25) is 4.79 Å². The van der Waals surface area contributed by atoms with E-state index in [-0.39, 0.29) is 17.9 Å². The number of benzene rings is 1. The van der Waals surface area contributed by atoms with Gasteiger partial charge in [-0.1, -0.05) is 11.6 Å². The largest absolute Gasteiger partial charge is 0.341 e. The topological polar surface area (TPSA) is 54.5 Å². The van der Waals surface area contributed by atoms with Gasteiger partial charge in [-0.05, 0) is 19.1 Å². The quantitative estimate of drug-likeness (QED) is 0.829.